The van der Waals surface area contributed by atoms with Gasteiger partial charge in [0.2, 0.25) is 5.66 Å². The number of anilines is 1. The summed E-state index contributed by atoms with van der Waals surface area (Å²) in [4.78, 5) is 33.9. The van der Waals surface area contributed by atoms with Crippen molar-refractivity contribution >= 4 is 23.1 Å². The van der Waals surface area contributed by atoms with Crippen LogP contribution >= 0.6 is 0 Å². The molecular weight excluding hydrogens is 426 g/mol. The zero-order valence-corrected chi connectivity index (χ0v) is 20.7. The third kappa shape index (κ3) is 5.29. The first-order chi connectivity index (χ1) is 16.2. The molecule has 2 aromatic carbocycles. The van der Waals surface area contributed by atoms with E-state index in [1.165, 1.54) is 4.90 Å². The first-order valence-corrected chi connectivity index (χ1v) is 12.2. The summed E-state index contributed by atoms with van der Waals surface area (Å²) in [6.45, 7) is 6.19. The highest BCUT2D eigenvalue weighted by Crippen LogP contribution is 2.33. The van der Waals surface area contributed by atoms with Crippen molar-refractivity contribution in [1.82, 2.24) is 0 Å². The van der Waals surface area contributed by atoms with Crippen LogP contribution in [0.25, 0.3) is 0 Å². The summed E-state index contributed by atoms with van der Waals surface area (Å²) in [6.07, 6.45) is 2.52. The Balaban J connectivity index is 2.15. The normalized spacial score (nSPS) is 19.9. The van der Waals surface area contributed by atoms with Gasteiger partial charge in [0.1, 0.15) is 0 Å². The molecule has 1 unspecified atom stereocenters. The number of Topliss-reactive ketones (excluding diaryl/α,β-unsaturated/α-hetero) is 1. The van der Waals surface area contributed by atoms with E-state index in [2.05, 4.69) is 13.8 Å². The summed E-state index contributed by atoms with van der Waals surface area (Å²) >= 11 is 0. The predicted octanol–water partition coefficient (Wildman–Crippen LogP) is 4.33. The summed E-state index contributed by atoms with van der Waals surface area (Å²) in [7, 11) is 1.62. The van der Waals surface area contributed by atoms with Crippen molar-refractivity contribution < 1.29 is 14.7 Å². The number of benzene rings is 2. The first-order valence-electron chi connectivity index (χ1n) is 12.2. The fourth-order valence-corrected chi connectivity index (χ4v) is 4.50. The number of fused-ring (bicyclic) bond motifs is 1. The van der Waals surface area contributed by atoms with Crippen LogP contribution in [0.1, 0.15) is 64.0 Å². The molecular formula is C28H37N3O3. The van der Waals surface area contributed by atoms with Gasteiger partial charge >= 0.3 is 0 Å². The molecule has 0 aromatic heterocycles. The summed E-state index contributed by atoms with van der Waals surface area (Å²) in [6, 6.07) is 16.9. The van der Waals surface area contributed by atoms with Crippen molar-refractivity contribution in [2.75, 3.05) is 11.9 Å². The van der Waals surface area contributed by atoms with Crippen LogP contribution < -0.4 is 10.6 Å². The van der Waals surface area contributed by atoms with Gasteiger partial charge in [0.25, 0.3) is 5.91 Å². The Morgan fingerprint density at radius 3 is 2.35 bits per heavy atom. The van der Waals surface area contributed by atoms with Crippen molar-refractivity contribution in [3.8, 4) is 0 Å². The van der Waals surface area contributed by atoms with Crippen LogP contribution in [-0.4, -0.2) is 41.3 Å². The summed E-state index contributed by atoms with van der Waals surface area (Å²) in [5.74, 6) is -1.52. The molecule has 1 amide bonds. The molecule has 1 aliphatic heterocycles. The third-order valence-corrected chi connectivity index (χ3v) is 6.57. The second-order valence-electron chi connectivity index (χ2n) is 9.63. The minimum absolute atomic E-state index is 0.350. The lowest BCUT2D eigenvalue weighted by molar-refractivity contribution is -0.139. The lowest BCUT2D eigenvalue weighted by Gasteiger charge is -2.32. The predicted molar refractivity (Wildman–Crippen MR) is 137 cm³/mol. The molecule has 0 saturated heterocycles. The number of hydrogen-bond acceptors (Lipinski definition) is 5. The minimum atomic E-state index is -2.13. The molecule has 1 heterocycles. The van der Waals surface area contributed by atoms with E-state index in [1.807, 2.05) is 61.5 Å². The number of ketones is 1. The number of unbranched alkanes of at least 4 members (excludes halogenated alkanes) is 1. The van der Waals surface area contributed by atoms with Crippen LogP contribution in [0.15, 0.2) is 59.6 Å². The van der Waals surface area contributed by atoms with E-state index in [0.717, 1.165) is 30.4 Å². The van der Waals surface area contributed by atoms with Crippen LogP contribution in [0.2, 0.25) is 0 Å². The summed E-state index contributed by atoms with van der Waals surface area (Å²) in [5, 5.41) is 11.0. The molecule has 3 N–H and O–H groups in total. The molecule has 34 heavy (non-hydrogen) atoms. The quantitative estimate of drug-likeness (QED) is 0.513. The van der Waals surface area contributed by atoms with Crippen LogP contribution in [0.3, 0.4) is 0 Å². The molecule has 0 bridgehead atoms. The number of aliphatic hydroxyl groups is 1. The smallest absolute Gasteiger partial charge is 0.277 e. The Bertz CT molecular complexity index is 1030. The molecule has 1 aliphatic rings. The molecule has 0 radical (unpaired) electrons. The van der Waals surface area contributed by atoms with Gasteiger partial charge in [0.05, 0.1) is 17.5 Å². The van der Waals surface area contributed by atoms with E-state index in [9.17, 15) is 14.7 Å². The average molecular weight is 464 g/mol. The van der Waals surface area contributed by atoms with Crippen molar-refractivity contribution in [3.63, 3.8) is 0 Å². The fraction of sp³-hybridized carbons (Fsp3) is 0.464. The summed E-state index contributed by atoms with van der Waals surface area (Å²) in [5.41, 5.74) is 7.18. The van der Waals surface area contributed by atoms with E-state index in [1.54, 1.807) is 7.05 Å². The second-order valence-corrected chi connectivity index (χ2v) is 9.63. The Morgan fingerprint density at radius 1 is 1.06 bits per heavy atom. The number of aliphatic hydroxyl groups excluding tert-OH is 1. The Labute approximate surface area is 202 Å². The van der Waals surface area contributed by atoms with Gasteiger partial charge in [-0.25, -0.2) is 4.99 Å². The van der Waals surface area contributed by atoms with Crippen LogP contribution in [-0.2, 0) is 9.59 Å². The van der Waals surface area contributed by atoms with Gasteiger partial charge in [0.15, 0.2) is 5.78 Å². The van der Waals surface area contributed by atoms with Crippen molar-refractivity contribution in [1.29, 1.82) is 0 Å². The molecule has 0 saturated carbocycles. The van der Waals surface area contributed by atoms with Crippen LogP contribution in [0.4, 0.5) is 5.69 Å². The maximum Gasteiger partial charge on any atom is 0.277 e. The van der Waals surface area contributed by atoms with E-state index >= 15 is 0 Å². The minimum Gasteiger partial charge on any atom is -0.392 e. The lowest BCUT2D eigenvalue weighted by atomic mass is 9.82. The van der Waals surface area contributed by atoms with Gasteiger partial charge in [0, 0.05) is 24.1 Å². The van der Waals surface area contributed by atoms with Crippen molar-refractivity contribution in [3.05, 3.63) is 65.7 Å². The highest BCUT2D eigenvalue weighted by atomic mass is 16.3. The van der Waals surface area contributed by atoms with E-state index in [0.29, 0.717) is 30.2 Å². The molecule has 3 rings (SSSR count). The third-order valence-electron chi connectivity index (χ3n) is 6.57. The number of hydrogen-bond donors (Lipinski definition) is 2. The van der Waals surface area contributed by atoms with E-state index in [-0.39, 0.29) is 0 Å². The van der Waals surface area contributed by atoms with Crippen LogP contribution in [0.5, 0.6) is 0 Å². The second kappa shape index (κ2) is 11.1. The Kier molecular flexibility index (Phi) is 8.39. The van der Waals surface area contributed by atoms with Gasteiger partial charge in [-0.3, -0.25) is 15.3 Å². The Hall–Kier alpha value is -2.83. The molecule has 182 valence electrons. The number of likely N-dealkylation sites (N-methyl/N-ethyl adjacent to an activating group) is 1. The molecule has 2 aromatic rings. The largest absolute Gasteiger partial charge is 0.392 e. The number of benzodiazepines with no additional fused rings is 1. The molecule has 0 spiro atoms. The number of nitrogens with two attached hydrogens (primary N) is 1. The topological polar surface area (TPSA) is 96.0 Å². The number of carbonyl (C=O) groups is 2. The first kappa shape index (κ1) is 25.8. The summed E-state index contributed by atoms with van der Waals surface area (Å²) < 4.78 is 0. The molecule has 0 aliphatic carbocycles. The zero-order valence-electron chi connectivity index (χ0n) is 20.7. The molecule has 0 fully saturated rings. The number of aliphatic imine (C=N–C) groups is 1. The monoisotopic (exact) mass is 463 g/mol. The Morgan fingerprint density at radius 2 is 1.71 bits per heavy atom. The van der Waals surface area contributed by atoms with E-state index < -0.39 is 29.4 Å². The van der Waals surface area contributed by atoms with Gasteiger partial charge in [-0.15, -0.1) is 0 Å². The highest BCUT2D eigenvalue weighted by Gasteiger charge is 2.50. The number of para-hydroxylation sites is 1. The SMILES string of the molecule is CCCCC(O)[C@@H](CCC(C)C)C(=O)[C@]1(N)N=C(c2ccccc2)c2ccccc2N(C)C1=O. The molecule has 6 heteroatoms. The number of carbonyl (C=O) groups excluding carboxylic acids is 2. The van der Waals surface area contributed by atoms with Gasteiger partial charge in [-0.05, 0) is 24.8 Å². The van der Waals surface area contributed by atoms with Crippen molar-refractivity contribution in [2.24, 2.45) is 22.6 Å². The van der Waals surface area contributed by atoms with E-state index in [4.69, 9.17) is 10.7 Å². The maximum absolute atomic E-state index is 14.0. The lowest BCUT2D eigenvalue weighted by Crippen LogP contribution is -2.61. The van der Waals surface area contributed by atoms with Crippen LogP contribution in [0, 0.1) is 11.8 Å². The average Bonchev–Trinajstić information content (AvgIpc) is 2.93. The molecule has 3 atom stereocenters. The van der Waals surface area contributed by atoms with Gasteiger partial charge in [-0.1, -0.05) is 88.6 Å². The number of amides is 1. The molecule has 6 nitrogen and oxygen atoms in total. The fourth-order valence-electron chi connectivity index (χ4n) is 4.50. The zero-order chi connectivity index (χ0) is 24.9. The number of nitrogens with zero attached hydrogens (tertiary/aromatic N) is 2. The standard InChI is InChI=1S/C28H37N3O3/c1-5-6-16-24(32)22(18-17-19(2)3)26(33)28(29)27(34)31(4)23-15-11-10-14-21(23)25(30-28)20-12-8-7-9-13-20/h7-15,19,22,24,32H,5-6,16-18,29H2,1-4H3/t22-,24?,28+/m1/s1. The highest BCUT2D eigenvalue weighted by molar-refractivity contribution is 6.26. The number of rotatable bonds is 10. The van der Waals surface area contributed by atoms with Gasteiger partial charge < -0.3 is 10.0 Å². The maximum atomic E-state index is 14.0. The van der Waals surface area contributed by atoms with Gasteiger partial charge in [-0.2, -0.15) is 0 Å². The van der Waals surface area contributed by atoms with Crippen molar-refractivity contribution in [2.45, 2.75) is 64.6 Å².